The van der Waals surface area contributed by atoms with Crippen LogP contribution in [0.5, 0.6) is 0 Å². The van der Waals surface area contributed by atoms with Gasteiger partial charge in [-0.1, -0.05) is 30.7 Å². The second-order valence-corrected chi connectivity index (χ2v) is 5.81. The number of rotatable bonds is 5. The second kappa shape index (κ2) is 7.27. The van der Waals surface area contributed by atoms with Crippen molar-refractivity contribution in [2.24, 2.45) is 0 Å². The molecule has 0 bridgehead atoms. The van der Waals surface area contributed by atoms with Gasteiger partial charge in [-0.05, 0) is 48.4 Å². The summed E-state index contributed by atoms with van der Waals surface area (Å²) < 4.78 is 1.64. The van der Waals surface area contributed by atoms with E-state index in [0.29, 0.717) is 10.6 Å². The minimum Gasteiger partial charge on any atom is -0.345 e. The van der Waals surface area contributed by atoms with Crippen LogP contribution in [0.3, 0.4) is 0 Å². The zero-order valence-corrected chi connectivity index (χ0v) is 13.9. The molecule has 1 atom stereocenters. The van der Waals surface area contributed by atoms with E-state index in [-0.39, 0.29) is 11.9 Å². The third-order valence-electron chi connectivity index (χ3n) is 3.80. The van der Waals surface area contributed by atoms with Crippen LogP contribution in [0.1, 0.15) is 35.3 Å². The Labute approximate surface area is 145 Å². The number of amides is 1. The Kier molecular flexibility index (Phi) is 4.91. The van der Waals surface area contributed by atoms with Gasteiger partial charge in [0.25, 0.3) is 5.91 Å². The summed E-state index contributed by atoms with van der Waals surface area (Å²) >= 11 is 5.92. The number of nitrogens with zero attached hydrogens (tertiary/aromatic N) is 3. The maximum Gasteiger partial charge on any atom is 0.251 e. The molecule has 0 spiro atoms. The van der Waals surface area contributed by atoms with Crippen molar-refractivity contribution in [2.45, 2.75) is 19.4 Å². The van der Waals surface area contributed by atoms with Gasteiger partial charge in [0.05, 0.1) is 11.7 Å². The van der Waals surface area contributed by atoms with E-state index in [9.17, 15) is 4.79 Å². The largest absolute Gasteiger partial charge is 0.345 e. The van der Waals surface area contributed by atoms with Crippen LogP contribution < -0.4 is 5.32 Å². The van der Waals surface area contributed by atoms with Gasteiger partial charge in [-0.3, -0.25) is 4.79 Å². The van der Waals surface area contributed by atoms with Crippen molar-refractivity contribution in [3.05, 3.63) is 77.3 Å². The average Bonchev–Trinajstić information content (AvgIpc) is 3.15. The Morgan fingerprint density at radius 2 is 1.88 bits per heavy atom. The van der Waals surface area contributed by atoms with Gasteiger partial charge in [0.15, 0.2) is 0 Å². The summed E-state index contributed by atoms with van der Waals surface area (Å²) in [6.07, 6.45) is 3.88. The van der Waals surface area contributed by atoms with Crippen molar-refractivity contribution in [2.75, 3.05) is 0 Å². The first-order valence-corrected chi connectivity index (χ1v) is 8.06. The van der Waals surface area contributed by atoms with Crippen molar-refractivity contribution in [3.8, 4) is 5.69 Å². The number of carbonyl (C=O) groups is 1. The maximum absolute atomic E-state index is 12.5. The number of halogens is 1. The van der Waals surface area contributed by atoms with E-state index in [1.807, 2.05) is 43.3 Å². The molecule has 24 heavy (non-hydrogen) atoms. The fourth-order valence-corrected chi connectivity index (χ4v) is 2.59. The Morgan fingerprint density at radius 1 is 1.17 bits per heavy atom. The summed E-state index contributed by atoms with van der Waals surface area (Å²) in [5.41, 5.74) is 2.49. The molecule has 1 amide bonds. The van der Waals surface area contributed by atoms with Gasteiger partial charge < -0.3 is 5.32 Å². The molecule has 0 aliphatic heterocycles. The first-order valence-electron chi connectivity index (χ1n) is 7.68. The molecule has 0 aliphatic carbocycles. The van der Waals surface area contributed by atoms with Crippen LogP contribution in [0.15, 0.2) is 61.2 Å². The number of benzene rings is 2. The van der Waals surface area contributed by atoms with E-state index in [1.54, 1.807) is 23.1 Å². The summed E-state index contributed by atoms with van der Waals surface area (Å²) in [4.78, 5) is 16.4. The minimum atomic E-state index is -0.109. The zero-order chi connectivity index (χ0) is 16.9. The zero-order valence-electron chi connectivity index (χ0n) is 13.2. The van der Waals surface area contributed by atoms with E-state index < -0.39 is 0 Å². The summed E-state index contributed by atoms with van der Waals surface area (Å²) in [6.45, 7) is 2.04. The Morgan fingerprint density at radius 3 is 2.46 bits per heavy atom. The molecule has 3 aromatic rings. The molecule has 1 unspecified atom stereocenters. The molecule has 5 nitrogen and oxygen atoms in total. The first kappa shape index (κ1) is 16.2. The van der Waals surface area contributed by atoms with E-state index in [4.69, 9.17) is 11.6 Å². The minimum absolute atomic E-state index is 0.0511. The van der Waals surface area contributed by atoms with Crippen LogP contribution in [-0.4, -0.2) is 20.7 Å². The summed E-state index contributed by atoms with van der Waals surface area (Å²) in [5.74, 6) is -0.109. The van der Waals surface area contributed by atoms with Gasteiger partial charge in [0.2, 0.25) is 0 Å². The lowest BCUT2D eigenvalue weighted by molar-refractivity contribution is 0.0935. The van der Waals surface area contributed by atoms with Gasteiger partial charge in [-0.15, -0.1) is 0 Å². The summed E-state index contributed by atoms with van der Waals surface area (Å²) in [5, 5.41) is 7.80. The quantitative estimate of drug-likeness (QED) is 0.768. The van der Waals surface area contributed by atoms with Crippen molar-refractivity contribution >= 4 is 17.5 Å². The van der Waals surface area contributed by atoms with Crippen LogP contribution in [0.4, 0.5) is 0 Å². The standard InChI is InChI=1S/C18H17ClN4O/c1-2-17(13-3-7-15(19)8-4-13)22-18(24)14-5-9-16(10-6-14)23-12-20-11-21-23/h3-12,17H,2H2,1H3,(H,22,24). The van der Waals surface area contributed by atoms with E-state index >= 15 is 0 Å². The second-order valence-electron chi connectivity index (χ2n) is 5.37. The average molecular weight is 341 g/mol. The molecule has 2 aromatic carbocycles. The number of nitrogens with one attached hydrogen (secondary N) is 1. The van der Waals surface area contributed by atoms with Crippen LogP contribution in [0.2, 0.25) is 5.02 Å². The molecule has 0 saturated heterocycles. The summed E-state index contributed by atoms with van der Waals surface area (Å²) in [6, 6.07) is 14.7. The fraction of sp³-hybridized carbons (Fsp3) is 0.167. The van der Waals surface area contributed by atoms with Crippen LogP contribution >= 0.6 is 11.6 Å². The van der Waals surface area contributed by atoms with E-state index in [2.05, 4.69) is 15.4 Å². The Bertz CT molecular complexity index is 798. The normalized spacial score (nSPS) is 11.9. The van der Waals surface area contributed by atoms with E-state index in [1.165, 1.54) is 6.33 Å². The molecular weight excluding hydrogens is 324 g/mol. The Hall–Kier alpha value is -2.66. The smallest absolute Gasteiger partial charge is 0.251 e. The third kappa shape index (κ3) is 3.63. The topological polar surface area (TPSA) is 59.8 Å². The van der Waals surface area contributed by atoms with Crippen molar-refractivity contribution in [3.63, 3.8) is 0 Å². The monoisotopic (exact) mass is 340 g/mol. The number of hydrogen-bond donors (Lipinski definition) is 1. The summed E-state index contributed by atoms with van der Waals surface area (Å²) in [7, 11) is 0. The number of aromatic nitrogens is 3. The number of carbonyl (C=O) groups excluding carboxylic acids is 1. The van der Waals surface area contributed by atoms with Gasteiger partial charge in [0.1, 0.15) is 12.7 Å². The highest BCUT2D eigenvalue weighted by Crippen LogP contribution is 2.20. The molecule has 0 fully saturated rings. The van der Waals surface area contributed by atoms with Crippen LogP contribution in [0.25, 0.3) is 5.69 Å². The molecule has 3 rings (SSSR count). The molecule has 0 saturated carbocycles. The highest BCUT2D eigenvalue weighted by Gasteiger charge is 2.14. The molecule has 1 heterocycles. The molecule has 0 aliphatic rings. The lowest BCUT2D eigenvalue weighted by Crippen LogP contribution is -2.28. The predicted octanol–water partition coefficient (Wildman–Crippen LogP) is 3.80. The molecular formula is C18H17ClN4O. The predicted molar refractivity (Wildman–Crippen MR) is 93.3 cm³/mol. The van der Waals surface area contributed by atoms with Crippen LogP contribution in [0, 0.1) is 0 Å². The lowest BCUT2D eigenvalue weighted by Gasteiger charge is -2.17. The van der Waals surface area contributed by atoms with E-state index in [0.717, 1.165) is 17.7 Å². The van der Waals surface area contributed by atoms with Crippen molar-refractivity contribution in [1.82, 2.24) is 20.1 Å². The third-order valence-corrected chi connectivity index (χ3v) is 4.05. The SMILES string of the molecule is CCC(NC(=O)c1ccc(-n2cncn2)cc1)c1ccc(Cl)cc1. The molecule has 122 valence electrons. The van der Waals surface area contributed by atoms with Crippen molar-refractivity contribution in [1.29, 1.82) is 0 Å². The lowest BCUT2D eigenvalue weighted by atomic mass is 10.0. The molecule has 1 N–H and O–H groups in total. The fourth-order valence-electron chi connectivity index (χ4n) is 2.46. The number of hydrogen-bond acceptors (Lipinski definition) is 3. The van der Waals surface area contributed by atoms with Gasteiger partial charge in [0, 0.05) is 10.6 Å². The van der Waals surface area contributed by atoms with Gasteiger partial charge in [-0.25, -0.2) is 9.67 Å². The van der Waals surface area contributed by atoms with Crippen molar-refractivity contribution < 1.29 is 4.79 Å². The highest BCUT2D eigenvalue weighted by atomic mass is 35.5. The highest BCUT2D eigenvalue weighted by molar-refractivity contribution is 6.30. The maximum atomic E-state index is 12.5. The first-order chi connectivity index (χ1) is 11.7. The molecule has 1 aromatic heterocycles. The molecule has 0 radical (unpaired) electrons. The molecule has 6 heteroatoms. The van der Waals surface area contributed by atoms with Crippen LogP contribution in [-0.2, 0) is 0 Å². The Balaban J connectivity index is 1.72. The van der Waals surface area contributed by atoms with Gasteiger partial charge >= 0.3 is 0 Å². The van der Waals surface area contributed by atoms with Gasteiger partial charge in [-0.2, -0.15) is 5.10 Å².